The molecule has 0 atom stereocenters. The molecule has 9 heavy (non-hydrogen) atoms. The second kappa shape index (κ2) is 3.50. The van der Waals surface area contributed by atoms with E-state index in [0.29, 0.717) is 31.3 Å². The summed E-state index contributed by atoms with van der Waals surface area (Å²) in [5, 5.41) is 0. The van der Waals surface area contributed by atoms with Crippen LogP contribution >= 0.6 is 0 Å². The first kappa shape index (κ1) is 9.35. The Balaban J connectivity index is 3.74. The molecule has 0 radical (unpaired) electrons. The number of carbonyl (C=O) groups excluding carboxylic acids is 1. The van der Waals surface area contributed by atoms with Gasteiger partial charge in [0.2, 0.25) is 0 Å². The molecule has 0 fully saturated rings. The summed E-state index contributed by atoms with van der Waals surface area (Å²) in [5.74, 6) is -0.0602. The molecule has 0 unspecified atom stereocenters. The van der Waals surface area contributed by atoms with Gasteiger partial charge in [-0.1, -0.05) is 0 Å². The molecule has 0 bridgehead atoms. The van der Waals surface area contributed by atoms with E-state index in [1.807, 2.05) is 20.8 Å². The number of ether oxygens (including phenoxy) is 1. The predicted octanol–water partition coefficient (Wildman–Crippen LogP) is 0.381. The fourth-order valence-electron chi connectivity index (χ4n) is 0.317. The molecule has 0 aliphatic carbocycles. The van der Waals surface area contributed by atoms with E-state index in [4.69, 9.17) is 4.74 Å². The Morgan fingerprint density at radius 3 is 2.22 bits per heavy atom. The van der Waals surface area contributed by atoms with Crippen molar-refractivity contribution in [3.05, 3.63) is 0 Å². The van der Waals surface area contributed by atoms with Crippen LogP contribution in [0.4, 0.5) is 0 Å². The minimum absolute atomic E-state index is 0.0602. The molecule has 0 saturated carbocycles. The van der Waals surface area contributed by atoms with Gasteiger partial charge in [-0.3, -0.25) is 0 Å². The zero-order chi connectivity index (χ0) is 7.49. The number of rotatable bonds is 2. The van der Waals surface area contributed by atoms with Crippen molar-refractivity contribution in [2.75, 3.05) is 6.61 Å². The maximum atomic E-state index is 10.9. The standard InChI is InChI=1S/C6H11O2.Bi.2H/c1-4-8-6(7)5(2)3;;;/h4H2,1-3H3;;;. The molecule has 0 amide bonds. The predicted molar refractivity (Wildman–Crippen MR) is 39.2 cm³/mol. The summed E-state index contributed by atoms with van der Waals surface area (Å²) in [6, 6.07) is 0. The normalized spacial score (nSPS) is 11.1. The van der Waals surface area contributed by atoms with Gasteiger partial charge in [0.15, 0.2) is 0 Å². The van der Waals surface area contributed by atoms with E-state index in [9.17, 15) is 4.79 Å². The number of carbonyl (C=O) groups is 1. The van der Waals surface area contributed by atoms with Crippen LogP contribution in [-0.2, 0) is 9.53 Å². The summed E-state index contributed by atoms with van der Waals surface area (Å²) in [5.41, 5.74) is 0. The Labute approximate surface area is 70.8 Å². The Morgan fingerprint density at radius 2 is 2.11 bits per heavy atom. The van der Waals surface area contributed by atoms with Crippen LogP contribution in [-0.4, -0.2) is 37.3 Å². The molecule has 0 aromatic carbocycles. The topological polar surface area (TPSA) is 26.3 Å². The first-order valence-electron chi connectivity index (χ1n) is 2.94. The summed E-state index contributed by atoms with van der Waals surface area (Å²) in [6.07, 6.45) is 0. The second-order valence-corrected chi connectivity index (χ2v) is 8.05. The summed E-state index contributed by atoms with van der Waals surface area (Å²) in [4.78, 5) is 10.9. The van der Waals surface area contributed by atoms with Crippen molar-refractivity contribution >= 4 is 30.7 Å². The molecular weight excluding hydrogens is 313 g/mol. The van der Waals surface area contributed by atoms with Crippen LogP contribution in [0, 0.1) is 0 Å². The Hall–Kier alpha value is 0.353. The summed E-state index contributed by atoms with van der Waals surface area (Å²) >= 11 is 0.654. The molecule has 0 spiro atoms. The van der Waals surface area contributed by atoms with Gasteiger partial charge in [0.05, 0.1) is 0 Å². The van der Waals surface area contributed by atoms with Gasteiger partial charge in [0, 0.05) is 0 Å². The summed E-state index contributed by atoms with van der Waals surface area (Å²) < 4.78 is 4.62. The van der Waals surface area contributed by atoms with Gasteiger partial charge in [-0.2, -0.15) is 0 Å². The van der Waals surface area contributed by atoms with Crippen molar-refractivity contribution < 1.29 is 9.53 Å². The van der Waals surface area contributed by atoms with E-state index in [-0.39, 0.29) is 9.09 Å². The molecule has 0 heterocycles. The van der Waals surface area contributed by atoms with Gasteiger partial charge < -0.3 is 0 Å². The van der Waals surface area contributed by atoms with E-state index >= 15 is 0 Å². The van der Waals surface area contributed by atoms with E-state index in [1.54, 1.807) is 0 Å². The van der Waals surface area contributed by atoms with Crippen LogP contribution in [0.2, 0.25) is 3.12 Å². The SMILES string of the molecule is CCOC(=O)[C](C)(C)[BiH2]. The van der Waals surface area contributed by atoms with Crippen LogP contribution in [0.25, 0.3) is 0 Å². The van der Waals surface area contributed by atoms with Crippen LogP contribution in [0.5, 0.6) is 0 Å². The van der Waals surface area contributed by atoms with Crippen molar-refractivity contribution in [2.45, 2.75) is 23.9 Å². The third-order valence-corrected chi connectivity index (χ3v) is 1.72. The van der Waals surface area contributed by atoms with Crippen molar-refractivity contribution in [2.24, 2.45) is 0 Å². The van der Waals surface area contributed by atoms with Gasteiger partial charge in [0.1, 0.15) is 0 Å². The first-order chi connectivity index (χ1) is 3.98. The molecule has 3 heteroatoms. The van der Waals surface area contributed by atoms with Crippen molar-refractivity contribution in [1.29, 1.82) is 0 Å². The minimum atomic E-state index is -0.185. The molecular formula is C6H13BiO2. The fourth-order valence-corrected chi connectivity index (χ4v) is 0.641. The molecule has 0 aliphatic rings. The van der Waals surface area contributed by atoms with Crippen LogP contribution in [0.3, 0.4) is 0 Å². The summed E-state index contributed by atoms with van der Waals surface area (Å²) in [7, 11) is 0. The Bertz CT molecular complexity index is 104. The van der Waals surface area contributed by atoms with E-state index < -0.39 is 0 Å². The second-order valence-electron chi connectivity index (χ2n) is 2.44. The number of hydrogen-bond donors (Lipinski definition) is 0. The average Bonchev–Trinajstić information content (AvgIpc) is 1.64. The quantitative estimate of drug-likeness (QED) is 0.542. The number of hydrogen-bond acceptors (Lipinski definition) is 2. The fraction of sp³-hybridized carbons (Fsp3) is 0.833. The first-order valence-corrected chi connectivity index (χ1v) is 5.19. The maximum absolute atomic E-state index is 10.9. The zero-order valence-electron chi connectivity index (χ0n) is 6.10. The Kier molecular flexibility index (Phi) is 3.64. The molecule has 0 aromatic rings. The van der Waals surface area contributed by atoms with Crippen molar-refractivity contribution in [3.8, 4) is 0 Å². The average molecular weight is 326 g/mol. The van der Waals surface area contributed by atoms with Gasteiger partial charge >= 0.3 is 70.7 Å². The van der Waals surface area contributed by atoms with E-state index in [1.165, 1.54) is 0 Å². The number of esters is 1. The third-order valence-electron chi connectivity index (χ3n) is 0.802. The Morgan fingerprint density at radius 1 is 1.67 bits per heavy atom. The summed E-state index contributed by atoms with van der Waals surface area (Å²) in [6.45, 7) is 6.15. The van der Waals surface area contributed by atoms with Crippen LogP contribution in [0.1, 0.15) is 20.8 Å². The molecule has 0 aliphatic heterocycles. The van der Waals surface area contributed by atoms with E-state index in [2.05, 4.69) is 0 Å². The molecule has 54 valence electrons. The zero-order valence-corrected chi connectivity index (χ0v) is 10.6. The molecule has 0 saturated heterocycles. The van der Waals surface area contributed by atoms with Crippen LogP contribution < -0.4 is 0 Å². The van der Waals surface area contributed by atoms with Crippen LogP contribution in [0.15, 0.2) is 0 Å². The monoisotopic (exact) mass is 326 g/mol. The molecule has 0 aromatic heterocycles. The van der Waals surface area contributed by atoms with Gasteiger partial charge in [-0.05, 0) is 0 Å². The van der Waals surface area contributed by atoms with Crippen molar-refractivity contribution in [3.63, 3.8) is 0 Å². The molecule has 0 N–H and O–H groups in total. The van der Waals surface area contributed by atoms with E-state index in [0.717, 1.165) is 0 Å². The molecule has 2 nitrogen and oxygen atoms in total. The van der Waals surface area contributed by atoms with Gasteiger partial charge in [-0.25, -0.2) is 0 Å². The third kappa shape index (κ3) is 3.85. The van der Waals surface area contributed by atoms with Crippen molar-refractivity contribution in [1.82, 2.24) is 0 Å². The van der Waals surface area contributed by atoms with Gasteiger partial charge in [0.25, 0.3) is 0 Å². The molecule has 0 rings (SSSR count). The van der Waals surface area contributed by atoms with Gasteiger partial charge in [-0.15, -0.1) is 0 Å².